The van der Waals surface area contributed by atoms with E-state index in [1.807, 2.05) is 0 Å². The largest absolute Gasteiger partial charge is 0.468 e. The molecule has 1 aliphatic heterocycles. The first-order chi connectivity index (χ1) is 8.70. The van der Waals surface area contributed by atoms with Gasteiger partial charge in [-0.15, -0.1) is 0 Å². The van der Waals surface area contributed by atoms with Gasteiger partial charge in [-0.1, -0.05) is 0 Å². The van der Waals surface area contributed by atoms with E-state index in [0.29, 0.717) is 4.90 Å². The number of hydrogen-bond donors (Lipinski definition) is 0. The summed E-state index contributed by atoms with van der Waals surface area (Å²) in [6.07, 6.45) is -5.80. The highest BCUT2D eigenvalue weighted by atomic mass is 19.4. The molecule has 0 N–H and O–H groups in total. The molecule has 118 valence electrons. The van der Waals surface area contributed by atoms with Crippen LogP contribution in [0.1, 0.15) is 20.8 Å². The molecule has 0 aromatic rings. The molecule has 0 amide bonds. The van der Waals surface area contributed by atoms with Crippen LogP contribution in [-0.2, 0) is 9.53 Å². The normalized spacial score (nSPS) is 31.4. The molecule has 0 aliphatic carbocycles. The SMILES string of the molecule is COC(=O)C1N(C(C)(C)C)CC(F)(C(F)(F)F)C1(F)F. The molecule has 1 aliphatic rings. The maximum Gasteiger partial charge on any atom is 0.429 e. The summed E-state index contributed by atoms with van der Waals surface area (Å²) >= 11 is 0. The summed E-state index contributed by atoms with van der Waals surface area (Å²) in [4.78, 5) is 11.9. The molecule has 0 aromatic heterocycles. The van der Waals surface area contributed by atoms with Gasteiger partial charge in [0.1, 0.15) is 0 Å². The Bertz CT molecular complexity index is 403. The molecule has 1 heterocycles. The molecule has 0 radical (unpaired) electrons. The van der Waals surface area contributed by atoms with Crippen molar-refractivity contribution in [2.45, 2.75) is 50.1 Å². The van der Waals surface area contributed by atoms with Gasteiger partial charge in [-0.05, 0) is 20.8 Å². The zero-order valence-electron chi connectivity index (χ0n) is 11.3. The number of nitrogens with zero attached hydrogens (tertiary/aromatic N) is 1. The van der Waals surface area contributed by atoms with Crippen LogP contribution >= 0.6 is 0 Å². The van der Waals surface area contributed by atoms with Crippen LogP contribution in [0.25, 0.3) is 0 Å². The van der Waals surface area contributed by atoms with Crippen molar-refractivity contribution >= 4 is 5.97 Å². The van der Waals surface area contributed by atoms with Gasteiger partial charge < -0.3 is 4.74 Å². The number of halogens is 6. The van der Waals surface area contributed by atoms with Crippen LogP contribution in [0.5, 0.6) is 0 Å². The predicted molar refractivity (Wildman–Crippen MR) is 57.1 cm³/mol. The minimum absolute atomic E-state index is 0.478. The Balaban J connectivity index is 3.43. The maximum atomic E-state index is 14.0. The molecule has 2 atom stereocenters. The van der Waals surface area contributed by atoms with Gasteiger partial charge in [0.15, 0.2) is 6.04 Å². The third-order valence-electron chi connectivity index (χ3n) is 3.31. The number of esters is 1. The van der Waals surface area contributed by atoms with E-state index in [1.54, 1.807) is 0 Å². The predicted octanol–water partition coefficient (Wildman–Crippen LogP) is 2.55. The summed E-state index contributed by atoms with van der Waals surface area (Å²) in [7, 11) is 0.755. The quantitative estimate of drug-likeness (QED) is 0.551. The minimum Gasteiger partial charge on any atom is -0.468 e. The Morgan fingerprint density at radius 2 is 1.65 bits per heavy atom. The Labute approximate surface area is 111 Å². The lowest BCUT2D eigenvalue weighted by Crippen LogP contribution is -2.58. The van der Waals surface area contributed by atoms with E-state index in [-0.39, 0.29) is 0 Å². The summed E-state index contributed by atoms with van der Waals surface area (Å²) in [6, 6.07) is -2.63. The Morgan fingerprint density at radius 1 is 1.20 bits per heavy atom. The number of hydrogen-bond acceptors (Lipinski definition) is 3. The monoisotopic (exact) mass is 307 g/mol. The number of rotatable bonds is 1. The summed E-state index contributed by atoms with van der Waals surface area (Å²) in [5, 5.41) is 0. The van der Waals surface area contributed by atoms with Crippen molar-refractivity contribution in [2.24, 2.45) is 0 Å². The summed E-state index contributed by atoms with van der Waals surface area (Å²) in [5.41, 5.74) is -6.08. The molecule has 20 heavy (non-hydrogen) atoms. The average molecular weight is 307 g/mol. The van der Waals surface area contributed by atoms with Gasteiger partial charge in [-0.25, -0.2) is 13.2 Å². The Morgan fingerprint density at radius 3 is 1.95 bits per heavy atom. The van der Waals surface area contributed by atoms with E-state index < -0.39 is 41.9 Å². The molecule has 0 bridgehead atoms. The van der Waals surface area contributed by atoms with E-state index in [1.165, 1.54) is 20.8 Å². The molecule has 1 rings (SSSR count). The third-order valence-corrected chi connectivity index (χ3v) is 3.31. The van der Waals surface area contributed by atoms with Crippen LogP contribution in [0.2, 0.25) is 0 Å². The van der Waals surface area contributed by atoms with Gasteiger partial charge in [0.05, 0.1) is 7.11 Å². The fourth-order valence-corrected chi connectivity index (χ4v) is 2.13. The van der Waals surface area contributed by atoms with Crippen molar-refractivity contribution in [3.63, 3.8) is 0 Å². The van der Waals surface area contributed by atoms with Gasteiger partial charge in [0.25, 0.3) is 5.67 Å². The Kier molecular flexibility index (Phi) is 3.84. The van der Waals surface area contributed by atoms with Gasteiger partial charge in [0, 0.05) is 12.1 Å². The maximum absolute atomic E-state index is 14.0. The smallest absolute Gasteiger partial charge is 0.429 e. The lowest BCUT2D eigenvalue weighted by atomic mass is 9.96. The van der Waals surface area contributed by atoms with Crippen molar-refractivity contribution in [1.29, 1.82) is 0 Å². The Hall–Kier alpha value is -0.990. The van der Waals surface area contributed by atoms with Crippen molar-refractivity contribution in [1.82, 2.24) is 4.90 Å². The molecule has 0 spiro atoms. The van der Waals surface area contributed by atoms with Crippen molar-refractivity contribution in [2.75, 3.05) is 13.7 Å². The second kappa shape index (κ2) is 4.51. The zero-order chi connectivity index (χ0) is 16.1. The molecule has 0 aromatic carbocycles. The molecule has 0 saturated carbocycles. The first-order valence-electron chi connectivity index (χ1n) is 5.68. The fraction of sp³-hybridized carbons (Fsp3) is 0.909. The van der Waals surface area contributed by atoms with Crippen LogP contribution in [0.3, 0.4) is 0 Å². The lowest BCUT2D eigenvalue weighted by molar-refractivity contribution is -0.287. The highest BCUT2D eigenvalue weighted by Crippen LogP contribution is 2.54. The van der Waals surface area contributed by atoms with Crippen molar-refractivity contribution in [3.8, 4) is 0 Å². The van der Waals surface area contributed by atoms with Crippen LogP contribution in [0.4, 0.5) is 26.3 Å². The summed E-state index contributed by atoms with van der Waals surface area (Å²) in [5.74, 6) is -6.54. The second-order valence-corrected chi connectivity index (χ2v) is 5.65. The van der Waals surface area contributed by atoms with Crippen molar-refractivity contribution < 1.29 is 35.9 Å². The van der Waals surface area contributed by atoms with E-state index in [4.69, 9.17) is 0 Å². The minimum atomic E-state index is -5.80. The summed E-state index contributed by atoms with van der Waals surface area (Å²) in [6.45, 7) is 2.29. The molecular weight excluding hydrogens is 292 g/mol. The van der Waals surface area contributed by atoms with Crippen LogP contribution in [0, 0.1) is 0 Å². The van der Waals surface area contributed by atoms with Crippen LogP contribution in [-0.4, -0.2) is 53.9 Å². The number of likely N-dealkylation sites (tertiary alicyclic amines) is 1. The molecule has 1 fully saturated rings. The number of alkyl halides is 6. The van der Waals surface area contributed by atoms with Gasteiger partial charge >= 0.3 is 18.1 Å². The third kappa shape index (κ3) is 2.25. The van der Waals surface area contributed by atoms with Crippen LogP contribution in [0.15, 0.2) is 0 Å². The first kappa shape index (κ1) is 17.1. The number of carbonyl (C=O) groups is 1. The average Bonchev–Trinajstić information content (AvgIpc) is 2.46. The van der Waals surface area contributed by atoms with Crippen LogP contribution < -0.4 is 0 Å². The number of methoxy groups -OCH3 is 1. The second-order valence-electron chi connectivity index (χ2n) is 5.65. The zero-order valence-corrected chi connectivity index (χ0v) is 11.3. The fourth-order valence-electron chi connectivity index (χ4n) is 2.13. The van der Waals surface area contributed by atoms with Crippen molar-refractivity contribution in [3.05, 3.63) is 0 Å². The highest BCUT2D eigenvalue weighted by molar-refractivity contribution is 5.78. The van der Waals surface area contributed by atoms with E-state index in [9.17, 15) is 31.1 Å². The molecule has 9 heteroatoms. The molecule has 2 unspecified atom stereocenters. The molecular formula is C11H15F6NO2. The topological polar surface area (TPSA) is 29.5 Å². The number of ether oxygens (including phenoxy) is 1. The number of carbonyl (C=O) groups excluding carboxylic acids is 1. The van der Waals surface area contributed by atoms with E-state index in [2.05, 4.69) is 4.74 Å². The van der Waals surface area contributed by atoms with E-state index in [0.717, 1.165) is 7.11 Å². The molecule has 1 saturated heterocycles. The van der Waals surface area contributed by atoms with Gasteiger partial charge in [-0.2, -0.15) is 13.2 Å². The molecule has 3 nitrogen and oxygen atoms in total. The van der Waals surface area contributed by atoms with E-state index >= 15 is 0 Å². The first-order valence-corrected chi connectivity index (χ1v) is 5.68. The van der Waals surface area contributed by atoms with Gasteiger partial charge in [0.2, 0.25) is 0 Å². The lowest BCUT2D eigenvalue weighted by Gasteiger charge is -2.35. The van der Waals surface area contributed by atoms with Gasteiger partial charge in [-0.3, -0.25) is 9.69 Å². The standard InChI is InChI=1S/C11H15F6NO2/c1-8(2,3)18-5-9(12,11(15,16)17)10(13,14)6(18)7(19)20-4/h6H,5H2,1-4H3. The highest BCUT2D eigenvalue weighted by Gasteiger charge is 2.81. The summed E-state index contributed by atoms with van der Waals surface area (Å²) < 4.78 is 84.1.